The van der Waals surface area contributed by atoms with Gasteiger partial charge in [-0.25, -0.2) is 0 Å². The van der Waals surface area contributed by atoms with E-state index in [1.54, 1.807) is 0 Å². The fourth-order valence-corrected chi connectivity index (χ4v) is 5.25. The Hall–Kier alpha value is -2.03. The van der Waals surface area contributed by atoms with Crippen LogP contribution in [0.1, 0.15) is 44.5 Å². The van der Waals surface area contributed by atoms with Gasteiger partial charge in [-0.05, 0) is 28.7 Å². The number of hydrogen-bond donors (Lipinski definition) is 1. The Kier molecular flexibility index (Phi) is 5.03. The number of rotatable bonds is 1. The standard InChI is InChI=1S/C28H21O.Ho/c29-28(25-15-7-3-11-21(25)18-22-12-4-8-16-26(22)28)27-23-13-5-1-9-19(23)17-20-10-2-6-14-24(20)27;/h1-16,29H,17-18H2;/q-1;. The predicted molar refractivity (Wildman–Crippen MR) is 116 cm³/mol. The van der Waals surface area contributed by atoms with E-state index in [4.69, 9.17) is 0 Å². The van der Waals surface area contributed by atoms with Gasteiger partial charge >= 0.3 is 0 Å². The van der Waals surface area contributed by atoms with Crippen LogP contribution >= 0.6 is 0 Å². The van der Waals surface area contributed by atoms with Gasteiger partial charge in [0, 0.05) is 37.7 Å². The minimum absolute atomic E-state index is 0. The van der Waals surface area contributed by atoms with Crippen molar-refractivity contribution in [2.75, 3.05) is 0 Å². The molecule has 0 atom stereocenters. The Balaban J connectivity index is 0.00000193. The van der Waals surface area contributed by atoms with Gasteiger partial charge in [0.2, 0.25) is 0 Å². The van der Waals surface area contributed by atoms with Crippen LogP contribution in [0.5, 0.6) is 0 Å². The van der Waals surface area contributed by atoms with Gasteiger partial charge in [-0.3, -0.25) is 0 Å². The van der Waals surface area contributed by atoms with Crippen LogP contribution in [0.15, 0.2) is 97.1 Å². The average Bonchev–Trinajstić information content (AvgIpc) is 2.77. The minimum atomic E-state index is -1.18. The quantitative estimate of drug-likeness (QED) is 0.254. The van der Waals surface area contributed by atoms with E-state index in [1.807, 2.05) is 12.1 Å². The first-order valence-electron chi connectivity index (χ1n) is 10.2. The summed E-state index contributed by atoms with van der Waals surface area (Å²) in [6.07, 6.45) is 1.75. The molecule has 0 unspecified atom stereocenters. The van der Waals surface area contributed by atoms with E-state index in [2.05, 4.69) is 84.9 Å². The van der Waals surface area contributed by atoms with E-state index in [9.17, 15) is 5.11 Å². The van der Waals surface area contributed by atoms with Crippen molar-refractivity contribution in [1.82, 2.24) is 0 Å². The topological polar surface area (TPSA) is 20.2 Å². The Morgan fingerprint density at radius 2 is 0.900 bits per heavy atom. The molecule has 151 valence electrons. The molecule has 0 saturated heterocycles. The molecule has 1 nitrogen and oxygen atoms in total. The molecule has 0 amide bonds. The van der Waals surface area contributed by atoms with Crippen molar-refractivity contribution in [1.29, 1.82) is 0 Å². The summed E-state index contributed by atoms with van der Waals surface area (Å²) in [7, 11) is 0. The van der Waals surface area contributed by atoms with Crippen molar-refractivity contribution in [2.45, 2.75) is 18.4 Å². The molecule has 4 aromatic carbocycles. The normalized spacial score (nSPS) is 15.2. The Morgan fingerprint density at radius 1 is 0.533 bits per heavy atom. The molecule has 4 aromatic rings. The first kappa shape index (κ1) is 19.9. The average molecular weight is 538 g/mol. The van der Waals surface area contributed by atoms with Gasteiger partial charge in [-0.1, -0.05) is 97.3 Å². The predicted octanol–water partition coefficient (Wildman–Crippen LogP) is 5.40. The molecule has 0 heterocycles. The van der Waals surface area contributed by atoms with E-state index in [-0.39, 0.29) is 37.7 Å². The van der Waals surface area contributed by atoms with E-state index >= 15 is 0 Å². The summed E-state index contributed by atoms with van der Waals surface area (Å²) in [6, 6.07) is 33.8. The van der Waals surface area contributed by atoms with Crippen LogP contribution in [0.3, 0.4) is 0 Å². The molecule has 0 spiro atoms. The summed E-state index contributed by atoms with van der Waals surface area (Å²) >= 11 is 0. The maximum absolute atomic E-state index is 12.7. The molecule has 1 N–H and O–H groups in total. The fraction of sp³-hybridized carbons (Fsp3) is 0.107. The molecule has 1 radical (unpaired) electrons. The molecule has 0 fully saturated rings. The van der Waals surface area contributed by atoms with Crippen LogP contribution in [0, 0.1) is 43.7 Å². The summed E-state index contributed by atoms with van der Waals surface area (Å²) in [6.45, 7) is 0. The second-order valence-corrected chi connectivity index (χ2v) is 8.07. The second kappa shape index (κ2) is 7.59. The Morgan fingerprint density at radius 3 is 1.40 bits per heavy atom. The van der Waals surface area contributed by atoms with E-state index in [0.29, 0.717) is 0 Å². The van der Waals surface area contributed by atoms with Gasteiger partial charge in [0.15, 0.2) is 0 Å². The summed E-state index contributed by atoms with van der Waals surface area (Å²) < 4.78 is 0. The first-order chi connectivity index (χ1) is 14.3. The fourth-order valence-electron chi connectivity index (χ4n) is 5.25. The molecule has 30 heavy (non-hydrogen) atoms. The molecule has 2 aliphatic rings. The third-order valence-corrected chi connectivity index (χ3v) is 6.51. The summed E-state index contributed by atoms with van der Waals surface area (Å²) in [5, 5.41) is 12.7. The van der Waals surface area contributed by atoms with Crippen LogP contribution in [-0.4, -0.2) is 5.11 Å². The molecule has 0 aromatic heterocycles. The molecule has 2 heteroatoms. The van der Waals surface area contributed by atoms with Crippen molar-refractivity contribution >= 4 is 0 Å². The Bertz CT molecular complexity index is 1150. The van der Waals surface area contributed by atoms with Crippen molar-refractivity contribution in [3.63, 3.8) is 0 Å². The summed E-state index contributed by atoms with van der Waals surface area (Å²) in [5.74, 6) is 1.01. The third kappa shape index (κ3) is 2.81. The third-order valence-electron chi connectivity index (χ3n) is 6.51. The monoisotopic (exact) mass is 538 g/mol. The maximum atomic E-state index is 12.7. The smallest absolute Gasteiger partial charge is 0.114 e. The zero-order chi connectivity index (χ0) is 19.4. The number of fused-ring (bicyclic) bond motifs is 4. The van der Waals surface area contributed by atoms with Crippen molar-refractivity contribution in [3.8, 4) is 0 Å². The van der Waals surface area contributed by atoms with Crippen molar-refractivity contribution in [2.24, 2.45) is 0 Å². The zero-order valence-electron chi connectivity index (χ0n) is 16.4. The van der Waals surface area contributed by atoms with Crippen LogP contribution in [-0.2, 0) is 18.4 Å². The molecule has 6 rings (SSSR count). The number of aliphatic hydroxyl groups is 1. The van der Waals surface area contributed by atoms with Crippen LogP contribution in [0.4, 0.5) is 0 Å². The molecular weight excluding hydrogens is 517 g/mol. The van der Waals surface area contributed by atoms with Gasteiger partial charge < -0.3 is 5.11 Å². The second-order valence-electron chi connectivity index (χ2n) is 8.07. The SMILES string of the molecule is OC1([C-]2c3ccccc3Cc3ccccc32)c2ccccc2Cc2ccccc21.[Ho]. The number of hydrogen-bond acceptors (Lipinski definition) is 1. The summed E-state index contributed by atoms with van der Waals surface area (Å²) in [4.78, 5) is 0. The first-order valence-corrected chi connectivity index (χ1v) is 10.2. The maximum Gasteiger partial charge on any atom is 0.114 e. The van der Waals surface area contributed by atoms with Gasteiger partial charge in [0.25, 0.3) is 0 Å². The number of benzene rings is 4. The van der Waals surface area contributed by atoms with Gasteiger partial charge in [0.1, 0.15) is 5.60 Å². The Labute approximate surface area is 207 Å². The van der Waals surface area contributed by atoms with Gasteiger partial charge in [-0.15, -0.1) is 34.4 Å². The van der Waals surface area contributed by atoms with Crippen LogP contribution in [0.25, 0.3) is 0 Å². The van der Waals surface area contributed by atoms with Gasteiger partial charge in [0.05, 0.1) is 0 Å². The van der Waals surface area contributed by atoms with Crippen LogP contribution in [0.2, 0.25) is 0 Å². The van der Waals surface area contributed by atoms with Crippen molar-refractivity contribution in [3.05, 3.63) is 147 Å². The molecule has 0 aliphatic heterocycles. The van der Waals surface area contributed by atoms with E-state index in [1.165, 1.54) is 22.3 Å². The van der Waals surface area contributed by atoms with Crippen molar-refractivity contribution < 1.29 is 42.8 Å². The van der Waals surface area contributed by atoms with E-state index in [0.717, 1.165) is 41.0 Å². The largest absolute Gasteiger partial charge is 0.383 e. The zero-order valence-corrected chi connectivity index (χ0v) is 18.3. The molecule has 0 saturated carbocycles. The van der Waals surface area contributed by atoms with Crippen LogP contribution < -0.4 is 0 Å². The summed E-state index contributed by atoms with van der Waals surface area (Å²) in [5.41, 5.74) is 8.06. The molecular formula is C28H21HoO-. The minimum Gasteiger partial charge on any atom is -0.383 e. The molecule has 0 bridgehead atoms. The molecule has 2 aliphatic carbocycles. The van der Waals surface area contributed by atoms with E-state index < -0.39 is 5.60 Å². The van der Waals surface area contributed by atoms with Gasteiger partial charge in [-0.2, -0.15) is 0 Å².